The number of furan rings is 1. The second-order valence-corrected chi connectivity index (χ2v) is 4.38. The molecule has 3 nitrogen and oxygen atoms in total. The lowest BCUT2D eigenvalue weighted by atomic mass is 10.2. The summed E-state index contributed by atoms with van der Waals surface area (Å²) in [6.07, 6.45) is 2.85. The van der Waals surface area contributed by atoms with Gasteiger partial charge in [0.05, 0.1) is 12.5 Å². The van der Waals surface area contributed by atoms with Crippen LogP contribution >= 0.6 is 0 Å². The first-order chi connectivity index (χ1) is 8.27. The minimum absolute atomic E-state index is 0.193. The molecule has 17 heavy (non-hydrogen) atoms. The maximum absolute atomic E-state index is 11.5. The Kier molecular flexibility index (Phi) is 3.98. The van der Waals surface area contributed by atoms with Crippen molar-refractivity contribution in [3.05, 3.63) is 66.3 Å². The molecule has 1 radical (unpaired) electrons. The van der Waals surface area contributed by atoms with Crippen LogP contribution in [-0.4, -0.2) is 5.97 Å². The molecule has 0 saturated carbocycles. The van der Waals surface area contributed by atoms with Gasteiger partial charge in [-0.1, -0.05) is 30.3 Å². The van der Waals surface area contributed by atoms with Gasteiger partial charge in [-0.05, 0) is 17.7 Å². The summed E-state index contributed by atoms with van der Waals surface area (Å²) in [5, 5.41) is 0. The van der Waals surface area contributed by atoms with E-state index >= 15 is 0 Å². The Morgan fingerprint density at radius 3 is 2.59 bits per heavy atom. The van der Waals surface area contributed by atoms with Gasteiger partial charge in [-0.2, -0.15) is 0 Å². The number of hydrogen-bond donors (Lipinski definition) is 0. The predicted molar refractivity (Wildman–Crippen MR) is 58.5 cm³/mol. The Hall–Kier alpha value is -1.56. The molecule has 2 rings (SSSR count). The third-order valence-corrected chi connectivity index (χ3v) is 2.92. The molecule has 0 atom stereocenters. The van der Waals surface area contributed by atoms with Crippen molar-refractivity contribution in [1.29, 1.82) is 0 Å². The number of carbonyl (C=O) groups is 1. The van der Waals surface area contributed by atoms with E-state index in [2.05, 4.69) is 22.6 Å². The standard InChI is InChI=1S/C13H9IO3/c14-11(10-5-2-1-3-6-10)9-17-13(15)12-7-4-8-16-12/h1-9H/q-1/b11-9-. The van der Waals surface area contributed by atoms with Crippen LogP contribution < -0.4 is 22.6 Å². The highest BCUT2D eigenvalue weighted by molar-refractivity contribution is 5.87. The Bertz CT molecular complexity index is 515. The second kappa shape index (κ2) is 5.67. The van der Waals surface area contributed by atoms with Crippen LogP contribution in [0.5, 0.6) is 0 Å². The number of halogens is 1. The van der Waals surface area contributed by atoms with Crippen molar-refractivity contribution >= 4 is 9.55 Å². The zero-order valence-corrected chi connectivity index (χ0v) is 11.0. The molecule has 0 aliphatic carbocycles. The SMILES string of the molecule is O=C(O/C=C(\[I-])c1ccccc1)c1ccco1. The van der Waals surface area contributed by atoms with E-state index in [4.69, 9.17) is 9.15 Å². The van der Waals surface area contributed by atoms with Gasteiger partial charge in [0.15, 0.2) is 0 Å². The predicted octanol–water partition coefficient (Wildman–Crippen LogP) is -0.0117. The van der Waals surface area contributed by atoms with Gasteiger partial charge in [0.1, 0.15) is 0 Å². The van der Waals surface area contributed by atoms with Crippen LogP contribution in [0.3, 0.4) is 0 Å². The largest absolute Gasteiger partial charge is 0.755 e. The summed E-state index contributed by atoms with van der Waals surface area (Å²) in [4.78, 5) is 11.5. The first-order valence-corrected chi connectivity index (χ1v) is 6.01. The van der Waals surface area contributed by atoms with Crippen LogP contribution in [0.15, 0.2) is 59.4 Å². The van der Waals surface area contributed by atoms with Crippen LogP contribution in [-0.2, 0) is 4.74 Å². The van der Waals surface area contributed by atoms with Crippen LogP contribution in [0.25, 0.3) is 3.58 Å². The maximum atomic E-state index is 11.5. The number of esters is 1. The zero-order valence-electron chi connectivity index (χ0n) is 8.80. The quantitative estimate of drug-likeness (QED) is 0.448. The molecule has 0 unspecified atom stereocenters. The number of rotatable bonds is 3. The Labute approximate surface area is 112 Å². The lowest BCUT2D eigenvalue weighted by molar-refractivity contribution is -0.245. The van der Waals surface area contributed by atoms with Crippen LogP contribution in [0.4, 0.5) is 0 Å². The smallest absolute Gasteiger partial charge is 0.378 e. The Balaban J connectivity index is 2.04. The normalized spacial score (nSPS) is 11.2. The summed E-state index contributed by atoms with van der Waals surface area (Å²) in [6, 6.07) is 12.9. The molecule has 87 valence electrons. The van der Waals surface area contributed by atoms with Crippen LogP contribution in [0.1, 0.15) is 16.1 Å². The highest BCUT2D eigenvalue weighted by Gasteiger charge is 2.07. The Morgan fingerprint density at radius 2 is 1.94 bits per heavy atom. The first-order valence-electron chi connectivity index (χ1n) is 4.93. The van der Waals surface area contributed by atoms with E-state index in [1.165, 1.54) is 12.5 Å². The van der Waals surface area contributed by atoms with E-state index in [9.17, 15) is 4.79 Å². The van der Waals surface area contributed by atoms with Crippen LogP contribution in [0.2, 0.25) is 0 Å². The second-order valence-electron chi connectivity index (χ2n) is 3.21. The lowest BCUT2D eigenvalue weighted by Crippen LogP contribution is -3.32. The fourth-order valence-electron chi connectivity index (χ4n) is 1.22. The van der Waals surface area contributed by atoms with E-state index in [1.54, 1.807) is 12.1 Å². The van der Waals surface area contributed by atoms with Gasteiger partial charge in [0.25, 0.3) is 0 Å². The fourth-order valence-corrected chi connectivity index (χ4v) is 1.71. The van der Waals surface area contributed by atoms with Gasteiger partial charge in [-0.3, -0.25) is 0 Å². The van der Waals surface area contributed by atoms with Gasteiger partial charge in [0.2, 0.25) is 5.76 Å². The highest BCUT2D eigenvalue weighted by atomic mass is 127. The average Bonchev–Trinajstić information content (AvgIpc) is 2.90. The number of hydrogen-bond acceptors (Lipinski definition) is 3. The first kappa shape index (κ1) is 11.9. The molecular formula is C13H9IO3-. The summed E-state index contributed by atoms with van der Waals surface area (Å²) in [5.41, 5.74) is 1.00. The summed E-state index contributed by atoms with van der Waals surface area (Å²) >= 11 is 2.11. The van der Waals surface area contributed by atoms with E-state index in [-0.39, 0.29) is 5.76 Å². The number of carbonyl (C=O) groups excluding carboxylic acids is 1. The van der Waals surface area contributed by atoms with Crippen molar-refractivity contribution in [2.75, 3.05) is 0 Å². The molecule has 0 N–H and O–H groups in total. The molecule has 0 bridgehead atoms. The van der Waals surface area contributed by atoms with Gasteiger partial charge < -0.3 is 31.7 Å². The molecule has 1 heterocycles. The lowest BCUT2D eigenvalue weighted by Gasteiger charge is -2.11. The minimum atomic E-state index is -0.500. The molecule has 0 aliphatic heterocycles. The van der Waals surface area contributed by atoms with Crippen molar-refractivity contribution < 1.29 is 36.5 Å². The molecule has 4 heteroatoms. The van der Waals surface area contributed by atoms with Gasteiger partial charge in [-0.15, -0.1) is 3.58 Å². The monoisotopic (exact) mass is 340 g/mol. The summed E-state index contributed by atoms with van der Waals surface area (Å²) in [6.45, 7) is 0. The Morgan fingerprint density at radius 1 is 1.18 bits per heavy atom. The van der Waals surface area contributed by atoms with Crippen molar-refractivity contribution in [3.63, 3.8) is 0 Å². The molecule has 1 aromatic carbocycles. The average molecular weight is 340 g/mol. The summed E-state index contributed by atoms with van der Waals surface area (Å²) < 4.78 is 10.8. The fraction of sp³-hybridized carbons (Fsp3) is 0. The molecule has 1 aromatic heterocycles. The van der Waals surface area contributed by atoms with Crippen molar-refractivity contribution in [2.45, 2.75) is 0 Å². The number of benzene rings is 1. The molecule has 0 saturated heterocycles. The highest BCUT2D eigenvalue weighted by Crippen LogP contribution is 2.07. The van der Waals surface area contributed by atoms with Gasteiger partial charge in [-0.25, -0.2) is 4.79 Å². The maximum Gasteiger partial charge on any atom is 0.378 e. The third-order valence-electron chi connectivity index (χ3n) is 2.04. The minimum Gasteiger partial charge on any atom is -0.755 e. The molecule has 2 aromatic rings. The molecular weight excluding hydrogens is 331 g/mol. The zero-order chi connectivity index (χ0) is 12.1. The van der Waals surface area contributed by atoms with E-state index in [1.807, 2.05) is 30.3 Å². The van der Waals surface area contributed by atoms with Crippen molar-refractivity contribution in [1.82, 2.24) is 0 Å². The van der Waals surface area contributed by atoms with Gasteiger partial charge in [0, 0.05) is 0 Å². The summed E-state index contributed by atoms with van der Waals surface area (Å²) in [5.74, 6) is -0.307. The summed E-state index contributed by atoms with van der Waals surface area (Å²) in [7, 11) is 0. The van der Waals surface area contributed by atoms with Gasteiger partial charge >= 0.3 is 5.97 Å². The molecule has 0 fully saturated rings. The molecule has 0 spiro atoms. The van der Waals surface area contributed by atoms with E-state index in [0.717, 1.165) is 9.14 Å². The molecule has 0 aliphatic rings. The number of ether oxygens (including phenoxy) is 1. The van der Waals surface area contributed by atoms with Crippen LogP contribution in [0, 0.1) is 0 Å². The van der Waals surface area contributed by atoms with Crippen molar-refractivity contribution in [2.24, 2.45) is 0 Å². The van der Waals surface area contributed by atoms with E-state index in [0.29, 0.717) is 0 Å². The third kappa shape index (κ3) is 3.20. The van der Waals surface area contributed by atoms with E-state index < -0.39 is 5.97 Å². The molecule has 0 amide bonds. The topological polar surface area (TPSA) is 39.4 Å². The van der Waals surface area contributed by atoms with Crippen molar-refractivity contribution in [3.8, 4) is 0 Å².